The molecule has 0 unspecified atom stereocenters. The van der Waals surface area contributed by atoms with Gasteiger partial charge in [0.2, 0.25) is 5.78 Å². The molecule has 0 N–H and O–H groups in total. The number of carbonyl (C=O) groups excluding carboxylic acids is 2. The van der Waals surface area contributed by atoms with Crippen LogP contribution in [-0.4, -0.2) is 32.6 Å². The molecule has 30 heavy (non-hydrogen) atoms. The summed E-state index contributed by atoms with van der Waals surface area (Å²) in [5, 5.41) is 9.37. The SMILES string of the molecule is COc1ccc(OC)c(C(=O)COC(=O)c2ccccc2-c2ccccc2C#N)c1. The number of nitrogens with zero attached hydrogens (tertiary/aromatic N) is 1. The molecule has 3 aromatic rings. The predicted molar refractivity (Wildman–Crippen MR) is 111 cm³/mol. The Morgan fingerprint density at radius 1 is 0.867 bits per heavy atom. The first-order valence-electron chi connectivity index (χ1n) is 9.10. The summed E-state index contributed by atoms with van der Waals surface area (Å²) in [6.45, 7) is -0.462. The number of esters is 1. The van der Waals surface area contributed by atoms with Crippen LogP contribution in [0.3, 0.4) is 0 Å². The lowest BCUT2D eigenvalue weighted by Gasteiger charge is -2.12. The third-order valence-electron chi connectivity index (χ3n) is 4.53. The molecule has 3 aromatic carbocycles. The van der Waals surface area contributed by atoms with Gasteiger partial charge in [-0.15, -0.1) is 0 Å². The van der Waals surface area contributed by atoms with E-state index in [1.54, 1.807) is 60.7 Å². The zero-order valence-electron chi connectivity index (χ0n) is 16.5. The third kappa shape index (κ3) is 4.31. The van der Waals surface area contributed by atoms with Gasteiger partial charge in [-0.1, -0.05) is 36.4 Å². The normalized spacial score (nSPS) is 10.0. The molecule has 0 saturated heterocycles. The molecule has 0 atom stereocenters. The van der Waals surface area contributed by atoms with Gasteiger partial charge in [0.25, 0.3) is 0 Å². The van der Waals surface area contributed by atoms with Crippen molar-refractivity contribution >= 4 is 11.8 Å². The molecule has 0 aromatic heterocycles. The first-order valence-corrected chi connectivity index (χ1v) is 9.10. The fourth-order valence-corrected chi connectivity index (χ4v) is 3.03. The molecule has 0 heterocycles. The van der Waals surface area contributed by atoms with Gasteiger partial charge in [-0.2, -0.15) is 5.26 Å². The average molecular weight is 401 g/mol. The molecule has 0 aliphatic carbocycles. The van der Waals surface area contributed by atoms with Crippen molar-refractivity contribution in [3.63, 3.8) is 0 Å². The minimum absolute atomic E-state index is 0.257. The van der Waals surface area contributed by atoms with Crippen molar-refractivity contribution in [2.24, 2.45) is 0 Å². The minimum Gasteiger partial charge on any atom is -0.497 e. The van der Waals surface area contributed by atoms with Crippen LogP contribution in [0.25, 0.3) is 11.1 Å². The van der Waals surface area contributed by atoms with Gasteiger partial charge < -0.3 is 14.2 Å². The van der Waals surface area contributed by atoms with Crippen LogP contribution in [0.15, 0.2) is 66.7 Å². The van der Waals surface area contributed by atoms with Gasteiger partial charge in [-0.05, 0) is 35.9 Å². The second-order valence-corrected chi connectivity index (χ2v) is 6.27. The number of rotatable bonds is 7. The number of carbonyl (C=O) groups is 2. The molecule has 6 nitrogen and oxygen atoms in total. The highest BCUT2D eigenvalue weighted by Gasteiger charge is 2.19. The van der Waals surface area contributed by atoms with Gasteiger partial charge in [0.1, 0.15) is 11.5 Å². The standard InChI is InChI=1S/C24H19NO5/c1-28-17-11-12-23(29-2)21(13-17)22(26)15-30-24(27)20-10-6-5-9-19(20)18-8-4-3-7-16(18)14-25/h3-13H,15H2,1-2H3. The van der Waals surface area contributed by atoms with Crippen LogP contribution in [0.4, 0.5) is 0 Å². The van der Waals surface area contributed by atoms with E-state index < -0.39 is 18.4 Å². The summed E-state index contributed by atoms with van der Waals surface area (Å²) >= 11 is 0. The maximum atomic E-state index is 12.7. The van der Waals surface area contributed by atoms with Crippen LogP contribution in [0, 0.1) is 11.3 Å². The van der Waals surface area contributed by atoms with E-state index in [1.807, 2.05) is 0 Å². The van der Waals surface area contributed by atoms with Gasteiger partial charge in [0, 0.05) is 5.56 Å². The number of methoxy groups -OCH3 is 2. The summed E-state index contributed by atoms with van der Waals surface area (Å²) in [5.41, 5.74) is 2.15. The van der Waals surface area contributed by atoms with E-state index in [4.69, 9.17) is 14.2 Å². The predicted octanol–water partition coefficient (Wildman–Crippen LogP) is 4.28. The van der Waals surface area contributed by atoms with Crippen molar-refractivity contribution in [3.05, 3.63) is 83.4 Å². The smallest absolute Gasteiger partial charge is 0.339 e. The molecule has 0 aliphatic heterocycles. The Morgan fingerprint density at radius 3 is 2.27 bits per heavy atom. The van der Waals surface area contributed by atoms with Gasteiger partial charge >= 0.3 is 5.97 Å². The molecular formula is C24H19NO5. The van der Waals surface area contributed by atoms with Crippen LogP contribution >= 0.6 is 0 Å². The molecule has 0 saturated carbocycles. The molecule has 0 bridgehead atoms. The summed E-state index contributed by atoms with van der Waals surface area (Å²) in [4.78, 5) is 25.4. The summed E-state index contributed by atoms with van der Waals surface area (Å²) in [7, 11) is 2.94. The van der Waals surface area contributed by atoms with Crippen molar-refractivity contribution in [3.8, 4) is 28.7 Å². The quantitative estimate of drug-likeness (QED) is 0.434. The molecule has 150 valence electrons. The first kappa shape index (κ1) is 20.6. The van der Waals surface area contributed by atoms with Crippen molar-refractivity contribution < 1.29 is 23.8 Å². The van der Waals surface area contributed by atoms with E-state index in [2.05, 4.69) is 6.07 Å². The molecule has 0 aliphatic rings. The number of ketones is 1. The molecular weight excluding hydrogens is 382 g/mol. The van der Waals surface area contributed by atoms with Crippen LogP contribution in [0.5, 0.6) is 11.5 Å². The zero-order chi connectivity index (χ0) is 21.5. The average Bonchev–Trinajstić information content (AvgIpc) is 2.81. The molecule has 6 heteroatoms. The Kier molecular flexibility index (Phi) is 6.46. The Hall–Kier alpha value is -4.11. The lowest BCUT2D eigenvalue weighted by Crippen LogP contribution is -2.16. The summed E-state index contributed by atoms with van der Waals surface area (Å²) < 4.78 is 15.6. The highest BCUT2D eigenvalue weighted by atomic mass is 16.5. The topological polar surface area (TPSA) is 85.6 Å². The van der Waals surface area contributed by atoms with Gasteiger partial charge in [0.15, 0.2) is 6.61 Å². The van der Waals surface area contributed by atoms with Crippen LogP contribution in [0.2, 0.25) is 0 Å². The first-order chi connectivity index (χ1) is 14.6. The van der Waals surface area contributed by atoms with E-state index in [0.29, 0.717) is 28.2 Å². The largest absolute Gasteiger partial charge is 0.497 e. The number of Topliss-reactive ketones (excluding diaryl/α,β-unsaturated/α-hetero) is 1. The van der Waals surface area contributed by atoms with Gasteiger partial charge in [0.05, 0.1) is 37.0 Å². The Labute approximate surface area is 174 Å². The van der Waals surface area contributed by atoms with E-state index in [9.17, 15) is 14.9 Å². The van der Waals surface area contributed by atoms with Crippen LogP contribution < -0.4 is 9.47 Å². The van der Waals surface area contributed by atoms with Crippen LogP contribution in [0.1, 0.15) is 26.3 Å². The fraction of sp³-hybridized carbons (Fsp3) is 0.125. The zero-order valence-corrected chi connectivity index (χ0v) is 16.5. The minimum atomic E-state index is -0.659. The van der Waals surface area contributed by atoms with E-state index in [-0.39, 0.29) is 11.1 Å². The van der Waals surface area contributed by atoms with E-state index in [1.165, 1.54) is 20.3 Å². The fourth-order valence-electron chi connectivity index (χ4n) is 3.03. The molecule has 0 radical (unpaired) electrons. The second-order valence-electron chi connectivity index (χ2n) is 6.27. The van der Waals surface area contributed by atoms with Crippen molar-refractivity contribution in [2.75, 3.05) is 20.8 Å². The summed E-state index contributed by atoms with van der Waals surface area (Å²) in [5.74, 6) is -0.230. The highest BCUT2D eigenvalue weighted by molar-refractivity contribution is 6.03. The molecule has 3 rings (SSSR count). The lowest BCUT2D eigenvalue weighted by molar-refractivity contribution is 0.0474. The monoisotopic (exact) mass is 401 g/mol. The van der Waals surface area contributed by atoms with Gasteiger partial charge in [-0.3, -0.25) is 4.79 Å². The number of nitriles is 1. The second kappa shape index (κ2) is 9.39. The van der Waals surface area contributed by atoms with Gasteiger partial charge in [-0.25, -0.2) is 4.79 Å². The molecule has 0 amide bonds. The Morgan fingerprint density at radius 2 is 1.57 bits per heavy atom. The number of hydrogen-bond donors (Lipinski definition) is 0. The lowest BCUT2D eigenvalue weighted by atomic mass is 9.96. The van der Waals surface area contributed by atoms with Crippen LogP contribution in [-0.2, 0) is 4.74 Å². The van der Waals surface area contributed by atoms with Crippen molar-refractivity contribution in [1.82, 2.24) is 0 Å². The van der Waals surface area contributed by atoms with E-state index in [0.717, 1.165) is 0 Å². The Bertz CT molecular complexity index is 1130. The highest BCUT2D eigenvalue weighted by Crippen LogP contribution is 2.28. The number of benzene rings is 3. The number of ether oxygens (including phenoxy) is 3. The Balaban J connectivity index is 1.83. The summed E-state index contributed by atoms with van der Waals surface area (Å²) in [6.07, 6.45) is 0. The maximum absolute atomic E-state index is 12.7. The van der Waals surface area contributed by atoms with Crippen molar-refractivity contribution in [1.29, 1.82) is 5.26 Å². The molecule has 0 fully saturated rings. The van der Waals surface area contributed by atoms with Crippen molar-refractivity contribution in [2.45, 2.75) is 0 Å². The summed E-state index contributed by atoms with van der Waals surface area (Å²) in [6, 6.07) is 20.7. The molecule has 0 spiro atoms. The third-order valence-corrected chi connectivity index (χ3v) is 4.53. The number of hydrogen-bond acceptors (Lipinski definition) is 6. The maximum Gasteiger partial charge on any atom is 0.339 e. The van der Waals surface area contributed by atoms with E-state index >= 15 is 0 Å².